The Labute approximate surface area is 162 Å². The molecule has 28 heavy (non-hydrogen) atoms. The third-order valence-electron chi connectivity index (χ3n) is 4.19. The quantitative estimate of drug-likeness (QED) is 0.562. The fourth-order valence-electron chi connectivity index (χ4n) is 2.71. The number of anilines is 3. The van der Waals surface area contributed by atoms with E-state index in [9.17, 15) is 14.0 Å². The van der Waals surface area contributed by atoms with Gasteiger partial charge in [0.2, 0.25) is 5.91 Å². The summed E-state index contributed by atoms with van der Waals surface area (Å²) in [6, 6.07) is 19.5. The van der Waals surface area contributed by atoms with Crippen molar-refractivity contribution in [2.24, 2.45) is 0 Å². The number of nitrogens with one attached hydrogen (secondary N) is 2. The Bertz CT molecular complexity index is 987. The summed E-state index contributed by atoms with van der Waals surface area (Å²) in [4.78, 5) is 24.6. The van der Waals surface area contributed by atoms with Crippen molar-refractivity contribution in [3.8, 4) is 0 Å². The molecule has 6 heteroatoms. The van der Waals surface area contributed by atoms with Gasteiger partial charge in [0.05, 0.1) is 0 Å². The van der Waals surface area contributed by atoms with E-state index in [1.807, 2.05) is 18.2 Å². The molecule has 0 saturated carbocycles. The average Bonchev–Trinajstić information content (AvgIpc) is 2.69. The fourth-order valence-corrected chi connectivity index (χ4v) is 2.71. The molecule has 142 valence electrons. The molecule has 0 aliphatic heterocycles. The molecule has 3 aromatic carbocycles. The van der Waals surface area contributed by atoms with E-state index in [1.54, 1.807) is 30.3 Å². The van der Waals surface area contributed by atoms with Crippen LogP contribution in [-0.2, 0) is 11.2 Å². The molecule has 4 N–H and O–H groups in total. The highest BCUT2D eigenvalue weighted by Crippen LogP contribution is 2.16. The van der Waals surface area contributed by atoms with E-state index in [0.29, 0.717) is 29.0 Å². The highest BCUT2D eigenvalue weighted by molar-refractivity contribution is 6.05. The summed E-state index contributed by atoms with van der Waals surface area (Å²) in [5.74, 6) is -0.890. The molecular weight excluding hydrogens is 357 g/mol. The standard InChI is InChI=1S/C22H20FN3O2/c23-17-9-11-18(12-10-17)26-22(28)16-5-3-6-19(14-16)25-21(27)13-8-15-4-1-2-7-20(15)24/h1-7,9-12,14H,8,13,24H2,(H,25,27)(H,26,28). The molecule has 0 radical (unpaired) electrons. The van der Waals surface area contributed by atoms with Crippen LogP contribution in [0.25, 0.3) is 0 Å². The molecule has 0 atom stereocenters. The van der Waals surface area contributed by atoms with Crippen LogP contribution < -0.4 is 16.4 Å². The molecule has 0 spiro atoms. The van der Waals surface area contributed by atoms with Crippen LogP contribution in [0.4, 0.5) is 21.5 Å². The summed E-state index contributed by atoms with van der Waals surface area (Å²) in [6.45, 7) is 0. The first-order valence-electron chi connectivity index (χ1n) is 8.81. The van der Waals surface area contributed by atoms with Crippen molar-refractivity contribution in [1.29, 1.82) is 0 Å². The van der Waals surface area contributed by atoms with Crippen molar-refractivity contribution in [3.05, 3.63) is 89.7 Å². The third-order valence-corrected chi connectivity index (χ3v) is 4.19. The second-order valence-electron chi connectivity index (χ2n) is 6.29. The molecule has 5 nitrogen and oxygen atoms in total. The molecule has 0 aliphatic carbocycles. The largest absolute Gasteiger partial charge is 0.399 e. The van der Waals surface area contributed by atoms with Crippen LogP contribution in [0.15, 0.2) is 72.8 Å². The van der Waals surface area contributed by atoms with E-state index in [1.165, 1.54) is 24.3 Å². The predicted molar refractivity (Wildman–Crippen MR) is 109 cm³/mol. The van der Waals surface area contributed by atoms with Gasteiger partial charge < -0.3 is 16.4 Å². The predicted octanol–water partition coefficient (Wildman–Crippen LogP) is 4.23. The van der Waals surface area contributed by atoms with Crippen LogP contribution in [0.1, 0.15) is 22.3 Å². The summed E-state index contributed by atoms with van der Waals surface area (Å²) in [6.07, 6.45) is 0.809. The molecule has 0 fully saturated rings. The molecule has 0 aromatic heterocycles. The maximum Gasteiger partial charge on any atom is 0.255 e. The highest BCUT2D eigenvalue weighted by atomic mass is 19.1. The summed E-state index contributed by atoms with van der Waals surface area (Å²) < 4.78 is 13.0. The van der Waals surface area contributed by atoms with E-state index < -0.39 is 0 Å². The molecule has 0 bridgehead atoms. The lowest BCUT2D eigenvalue weighted by Crippen LogP contribution is -2.15. The highest BCUT2D eigenvalue weighted by Gasteiger charge is 2.09. The zero-order valence-corrected chi connectivity index (χ0v) is 15.1. The second kappa shape index (κ2) is 8.81. The number of carbonyl (C=O) groups excluding carboxylic acids is 2. The van der Waals surface area contributed by atoms with Crippen LogP contribution in [0, 0.1) is 5.82 Å². The Morgan fingerprint density at radius 3 is 2.36 bits per heavy atom. The first-order valence-corrected chi connectivity index (χ1v) is 8.81. The Balaban J connectivity index is 1.59. The second-order valence-corrected chi connectivity index (χ2v) is 6.29. The van der Waals surface area contributed by atoms with Crippen LogP contribution >= 0.6 is 0 Å². The maximum absolute atomic E-state index is 13.0. The van der Waals surface area contributed by atoms with Crippen molar-refractivity contribution >= 4 is 28.9 Å². The average molecular weight is 377 g/mol. The Kier molecular flexibility index (Phi) is 6.01. The van der Waals surface area contributed by atoms with Crippen molar-refractivity contribution in [2.75, 3.05) is 16.4 Å². The van der Waals surface area contributed by atoms with Gasteiger partial charge in [-0.1, -0.05) is 24.3 Å². The van der Waals surface area contributed by atoms with Gasteiger partial charge in [0.15, 0.2) is 0 Å². The Morgan fingerprint density at radius 1 is 0.857 bits per heavy atom. The van der Waals surface area contributed by atoms with Gasteiger partial charge in [-0.15, -0.1) is 0 Å². The van der Waals surface area contributed by atoms with Crippen LogP contribution in [0.3, 0.4) is 0 Å². The number of benzene rings is 3. The van der Waals surface area contributed by atoms with Crippen LogP contribution in [0.5, 0.6) is 0 Å². The van der Waals surface area contributed by atoms with E-state index in [2.05, 4.69) is 10.6 Å². The van der Waals surface area contributed by atoms with Gasteiger partial charge in [-0.05, 0) is 60.5 Å². The number of carbonyl (C=O) groups is 2. The van der Waals surface area contributed by atoms with Gasteiger partial charge in [0, 0.05) is 29.0 Å². The Hall–Kier alpha value is -3.67. The fraction of sp³-hybridized carbons (Fsp3) is 0.0909. The number of aryl methyl sites for hydroxylation is 1. The number of halogens is 1. The van der Waals surface area contributed by atoms with E-state index in [4.69, 9.17) is 5.73 Å². The number of nitrogen functional groups attached to an aromatic ring is 1. The van der Waals surface area contributed by atoms with Crippen molar-refractivity contribution in [1.82, 2.24) is 0 Å². The normalized spacial score (nSPS) is 10.3. The first-order chi connectivity index (χ1) is 13.5. The zero-order chi connectivity index (χ0) is 19.9. The van der Waals surface area contributed by atoms with E-state index >= 15 is 0 Å². The minimum absolute atomic E-state index is 0.167. The summed E-state index contributed by atoms with van der Waals surface area (Å²) >= 11 is 0. The number of para-hydroxylation sites is 1. The third kappa shape index (κ3) is 5.17. The van der Waals surface area contributed by atoms with Gasteiger partial charge in [-0.3, -0.25) is 9.59 Å². The lowest BCUT2D eigenvalue weighted by Gasteiger charge is -2.09. The van der Waals surface area contributed by atoms with Crippen LogP contribution in [0.2, 0.25) is 0 Å². The summed E-state index contributed by atoms with van der Waals surface area (Å²) in [5.41, 5.74) is 8.87. The molecule has 0 heterocycles. The van der Waals surface area contributed by atoms with E-state index in [-0.39, 0.29) is 24.1 Å². The first kappa shape index (κ1) is 19.1. The minimum Gasteiger partial charge on any atom is -0.399 e. The van der Waals surface area contributed by atoms with Gasteiger partial charge in [0.1, 0.15) is 5.82 Å². The Morgan fingerprint density at radius 2 is 1.61 bits per heavy atom. The molecule has 0 unspecified atom stereocenters. The molecule has 0 aliphatic rings. The molecule has 2 amide bonds. The number of hydrogen-bond acceptors (Lipinski definition) is 3. The topological polar surface area (TPSA) is 84.2 Å². The zero-order valence-electron chi connectivity index (χ0n) is 15.1. The lowest BCUT2D eigenvalue weighted by molar-refractivity contribution is -0.116. The maximum atomic E-state index is 13.0. The van der Waals surface area contributed by atoms with Gasteiger partial charge in [-0.2, -0.15) is 0 Å². The number of rotatable bonds is 6. The molecule has 3 aromatic rings. The molecule has 3 rings (SSSR count). The van der Waals surface area contributed by atoms with Gasteiger partial charge >= 0.3 is 0 Å². The summed E-state index contributed by atoms with van der Waals surface area (Å²) in [5, 5.41) is 5.48. The summed E-state index contributed by atoms with van der Waals surface area (Å²) in [7, 11) is 0. The SMILES string of the molecule is Nc1ccccc1CCC(=O)Nc1cccc(C(=O)Nc2ccc(F)cc2)c1. The van der Waals surface area contributed by atoms with Crippen molar-refractivity contribution < 1.29 is 14.0 Å². The lowest BCUT2D eigenvalue weighted by atomic mass is 10.1. The number of nitrogens with two attached hydrogens (primary N) is 1. The number of amides is 2. The molecule has 0 saturated heterocycles. The van der Waals surface area contributed by atoms with Gasteiger partial charge in [-0.25, -0.2) is 4.39 Å². The smallest absolute Gasteiger partial charge is 0.255 e. The molecular formula is C22H20FN3O2. The van der Waals surface area contributed by atoms with Crippen LogP contribution in [-0.4, -0.2) is 11.8 Å². The monoisotopic (exact) mass is 377 g/mol. The van der Waals surface area contributed by atoms with Crippen molar-refractivity contribution in [2.45, 2.75) is 12.8 Å². The number of hydrogen-bond donors (Lipinski definition) is 3. The van der Waals surface area contributed by atoms with Crippen molar-refractivity contribution in [3.63, 3.8) is 0 Å². The minimum atomic E-state index is -0.375. The van der Waals surface area contributed by atoms with E-state index in [0.717, 1.165) is 5.56 Å². The van der Waals surface area contributed by atoms with Gasteiger partial charge in [0.25, 0.3) is 5.91 Å².